The van der Waals surface area contributed by atoms with Gasteiger partial charge in [-0.1, -0.05) is 44.0 Å². The summed E-state index contributed by atoms with van der Waals surface area (Å²) in [5.74, 6) is 1.13. The van der Waals surface area contributed by atoms with E-state index >= 15 is 0 Å². The van der Waals surface area contributed by atoms with Gasteiger partial charge < -0.3 is 4.42 Å². The van der Waals surface area contributed by atoms with Gasteiger partial charge in [0.25, 0.3) is 0 Å². The highest BCUT2D eigenvalue weighted by molar-refractivity contribution is 5.91. The van der Waals surface area contributed by atoms with Crippen LogP contribution in [0.4, 0.5) is 0 Å². The van der Waals surface area contributed by atoms with Gasteiger partial charge in [-0.3, -0.25) is 4.79 Å². The average Bonchev–Trinajstić information content (AvgIpc) is 2.90. The van der Waals surface area contributed by atoms with Crippen LogP contribution in [0.5, 0.6) is 0 Å². The highest BCUT2D eigenvalue weighted by Gasteiger charge is 2.07. The number of hydrogen-bond donors (Lipinski definition) is 0. The Morgan fingerprint density at radius 1 is 1.05 bits per heavy atom. The molecule has 2 aromatic rings. The first kappa shape index (κ1) is 13.6. The van der Waals surface area contributed by atoms with Crippen molar-refractivity contribution < 1.29 is 9.21 Å². The van der Waals surface area contributed by atoms with Crippen LogP contribution in [0.15, 0.2) is 40.8 Å². The van der Waals surface area contributed by atoms with Crippen molar-refractivity contribution in [3.8, 4) is 11.3 Å². The molecule has 0 aliphatic rings. The first-order chi connectivity index (χ1) is 9.20. The van der Waals surface area contributed by atoms with Crippen molar-refractivity contribution in [2.24, 2.45) is 0 Å². The number of hydrogen-bond acceptors (Lipinski definition) is 2. The van der Waals surface area contributed by atoms with Gasteiger partial charge in [-0.15, -0.1) is 0 Å². The van der Waals surface area contributed by atoms with E-state index in [0.717, 1.165) is 17.7 Å². The van der Waals surface area contributed by atoms with Crippen LogP contribution in [0.3, 0.4) is 0 Å². The van der Waals surface area contributed by atoms with Crippen molar-refractivity contribution in [1.82, 2.24) is 0 Å². The lowest BCUT2D eigenvalue weighted by molar-refractivity contribution is 0.0988. The molecule has 0 saturated heterocycles. The second kappa shape index (κ2) is 6.37. The number of rotatable bonds is 6. The van der Waals surface area contributed by atoms with Crippen molar-refractivity contribution in [3.63, 3.8) is 0 Å². The topological polar surface area (TPSA) is 30.2 Å². The number of carbonyl (C=O) groups is 1. The Balaban J connectivity index is 2.06. The van der Waals surface area contributed by atoms with E-state index in [1.54, 1.807) is 6.07 Å². The normalized spacial score (nSPS) is 10.6. The summed E-state index contributed by atoms with van der Waals surface area (Å²) in [4.78, 5) is 11.2. The molecule has 0 radical (unpaired) electrons. The molecule has 0 spiro atoms. The number of Topliss-reactive ketones (excluding diaryl/α,β-unsaturated/α-hetero) is 1. The standard InChI is InChI=1S/C17H20O2/c1-3-4-5-6-14-7-9-15(10-8-14)17-12-11-16(19-17)13(2)18/h7-12H,3-6H2,1-2H3. The molecule has 2 rings (SSSR count). The van der Waals surface area contributed by atoms with E-state index in [4.69, 9.17) is 4.42 Å². The number of furan rings is 1. The van der Waals surface area contributed by atoms with Crippen LogP contribution in [-0.2, 0) is 6.42 Å². The van der Waals surface area contributed by atoms with Gasteiger partial charge in [0.15, 0.2) is 11.5 Å². The molecule has 0 amide bonds. The molecule has 0 N–H and O–H groups in total. The van der Waals surface area contributed by atoms with Crippen molar-refractivity contribution in [2.45, 2.75) is 39.5 Å². The molecule has 0 aliphatic heterocycles. The fourth-order valence-corrected chi connectivity index (χ4v) is 2.10. The van der Waals surface area contributed by atoms with E-state index in [2.05, 4.69) is 31.2 Å². The van der Waals surface area contributed by atoms with Crippen molar-refractivity contribution in [3.05, 3.63) is 47.7 Å². The zero-order chi connectivity index (χ0) is 13.7. The van der Waals surface area contributed by atoms with Gasteiger partial charge >= 0.3 is 0 Å². The molecular weight excluding hydrogens is 236 g/mol. The van der Waals surface area contributed by atoms with Gasteiger partial charge in [-0.25, -0.2) is 0 Å². The molecule has 100 valence electrons. The van der Waals surface area contributed by atoms with E-state index < -0.39 is 0 Å². The minimum atomic E-state index is -0.0394. The third kappa shape index (κ3) is 3.57. The second-order valence-electron chi connectivity index (χ2n) is 4.87. The van der Waals surface area contributed by atoms with E-state index in [0.29, 0.717) is 5.76 Å². The zero-order valence-corrected chi connectivity index (χ0v) is 11.6. The van der Waals surface area contributed by atoms with Crippen LogP contribution < -0.4 is 0 Å². The predicted octanol–water partition coefficient (Wildman–Crippen LogP) is 4.88. The first-order valence-corrected chi connectivity index (χ1v) is 6.91. The highest BCUT2D eigenvalue weighted by atomic mass is 16.3. The number of benzene rings is 1. The van der Waals surface area contributed by atoms with Crippen LogP contribution in [0.2, 0.25) is 0 Å². The summed E-state index contributed by atoms with van der Waals surface area (Å²) in [7, 11) is 0. The number of carbonyl (C=O) groups excluding carboxylic acids is 1. The van der Waals surface area contributed by atoms with E-state index in [9.17, 15) is 4.79 Å². The molecule has 1 aromatic carbocycles. The zero-order valence-electron chi connectivity index (χ0n) is 11.6. The van der Waals surface area contributed by atoms with Crippen LogP contribution >= 0.6 is 0 Å². The molecule has 1 heterocycles. The van der Waals surface area contributed by atoms with E-state index in [1.807, 2.05) is 6.07 Å². The molecular formula is C17H20O2. The predicted molar refractivity (Wildman–Crippen MR) is 77.4 cm³/mol. The van der Waals surface area contributed by atoms with Crippen LogP contribution in [0.25, 0.3) is 11.3 Å². The third-order valence-electron chi connectivity index (χ3n) is 3.26. The number of unbranched alkanes of at least 4 members (excludes halogenated alkanes) is 2. The molecule has 2 heteroatoms. The van der Waals surface area contributed by atoms with Crippen LogP contribution in [-0.4, -0.2) is 5.78 Å². The summed E-state index contributed by atoms with van der Waals surface area (Å²) < 4.78 is 5.52. The summed E-state index contributed by atoms with van der Waals surface area (Å²) in [5, 5.41) is 0. The maximum absolute atomic E-state index is 11.2. The lowest BCUT2D eigenvalue weighted by Gasteiger charge is -2.02. The van der Waals surface area contributed by atoms with E-state index in [-0.39, 0.29) is 5.78 Å². The summed E-state index contributed by atoms with van der Waals surface area (Å²) in [5.41, 5.74) is 2.38. The molecule has 1 aromatic heterocycles. The minimum Gasteiger partial charge on any atom is -0.453 e. The van der Waals surface area contributed by atoms with Crippen LogP contribution in [0, 0.1) is 0 Å². The van der Waals surface area contributed by atoms with Gasteiger partial charge in [0.1, 0.15) is 5.76 Å². The fourth-order valence-electron chi connectivity index (χ4n) is 2.10. The van der Waals surface area contributed by atoms with Crippen molar-refractivity contribution >= 4 is 5.78 Å². The largest absolute Gasteiger partial charge is 0.453 e. The van der Waals surface area contributed by atoms with Gasteiger partial charge in [0.2, 0.25) is 0 Å². The number of aryl methyl sites for hydroxylation is 1. The third-order valence-corrected chi connectivity index (χ3v) is 3.26. The Morgan fingerprint density at radius 3 is 2.37 bits per heavy atom. The number of ketones is 1. The molecule has 0 saturated carbocycles. The summed E-state index contributed by atoms with van der Waals surface area (Å²) in [6.07, 6.45) is 4.90. The second-order valence-corrected chi connectivity index (χ2v) is 4.87. The summed E-state index contributed by atoms with van der Waals surface area (Å²) >= 11 is 0. The lowest BCUT2D eigenvalue weighted by Crippen LogP contribution is -1.87. The Hall–Kier alpha value is -1.83. The van der Waals surface area contributed by atoms with Gasteiger partial charge in [0, 0.05) is 12.5 Å². The van der Waals surface area contributed by atoms with Gasteiger partial charge in [0.05, 0.1) is 0 Å². The molecule has 0 unspecified atom stereocenters. The quantitative estimate of drug-likeness (QED) is 0.544. The summed E-state index contributed by atoms with van der Waals surface area (Å²) in [6, 6.07) is 12.0. The fraction of sp³-hybridized carbons (Fsp3) is 0.353. The maximum atomic E-state index is 11.2. The Bertz CT molecular complexity index is 535. The Morgan fingerprint density at radius 2 is 1.79 bits per heavy atom. The monoisotopic (exact) mass is 256 g/mol. The van der Waals surface area contributed by atoms with Crippen molar-refractivity contribution in [1.29, 1.82) is 0 Å². The van der Waals surface area contributed by atoms with Gasteiger partial charge in [-0.2, -0.15) is 0 Å². The molecule has 0 atom stereocenters. The maximum Gasteiger partial charge on any atom is 0.194 e. The first-order valence-electron chi connectivity index (χ1n) is 6.91. The lowest BCUT2D eigenvalue weighted by atomic mass is 10.0. The Kier molecular flexibility index (Phi) is 4.56. The van der Waals surface area contributed by atoms with E-state index in [1.165, 1.54) is 31.7 Å². The smallest absolute Gasteiger partial charge is 0.194 e. The SMILES string of the molecule is CCCCCc1ccc(-c2ccc(C(C)=O)o2)cc1. The summed E-state index contributed by atoms with van der Waals surface area (Å²) in [6.45, 7) is 3.73. The molecule has 0 aliphatic carbocycles. The highest BCUT2D eigenvalue weighted by Crippen LogP contribution is 2.23. The molecule has 19 heavy (non-hydrogen) atoms. The minimum absolute atomic E-state index is 0.0394. The Labute approximate surface area is 114 Å². The van der Waals surface area contributed by atoms with Crippen LogP contribution in [0.1, 0.15) is 49.2 Å². The molecule has 0 bridgehead atoms. The van der Waals surface area contributed by atoms with Gasteiger partial charge in [-0.05, 0) is 30.5 Å². The molecule has 2 nitrogen and oxygen atoms in total. The average molecular weight is 256 g/mol. The van der Waals surface area contributed by atoms with Crippen molar-refractivity contribution in [2.75, 3.05) is 0 Å². The molecule has 0 fully saturated rings.